The maximum absolute atomic E-state index is 13.7. The van der Waals surface area contributed by atoms with Crippen LogP contribution in [0.5, 0.6) is 5.75 Å². The molecule has 1 amide bonds. The van der Waals surface area contributed by atoms with Crippen LogP contribution in [0.3, 0.4) is 0 Å². The first-order valence-electron chi connectivity index (χ1n) is 8.56. The fraction of sp³-hybridized carbons (Fsp3) is 0.211. The van der Waals surface area contributed by atoms with Gasteiger partial charge in [-0.25, -0.2) is 4.98 Å². The summed E-state index contributed by atoms with van der Waals surface area (Å²) in [6.07, 6.45) is -8.49. The number of fused-ring (bicyclic) bond motifs is 1. The van der Waals surface area contributed by atoms with Crippen LogP contribution in [0.25, 0.3) is 16.8 Å². The van der Waals surface area contributed by atoms with Crippen molar-refractivity contribution in [2.24, 2.45) is 0 Å². The van der Waals surface area contributed by atoms with Gasteiger partial charge in [-0.1, -0.05) is 12.1 Å². The molecule has 3 rings (SSSR count). The van der Waals surface area contributed by atoms with Gasteiger partial charge in [0.25, 0.3) is 11.5 Å². The molecule has 0 radical (unpaired) electrons. The lowest BCUT2D eigenvalue weighted by Crippen LogP contribution is -2.25. The summed E-state index contributed by atoms with van der Waals surface area (Å²) >= 11 is 0. The van der Waals surface area contributed by atoms with E-state index in [1.807, 2.05) is 0 Å². The third kappa shape index (κ3) is 4.78. The molecule has 0 atom stereocenters. The smallest absolute Gasteiger partial charge is 0.434 e. The Labute approximate surface area is 170 Å². The molecule has 0 aliphatic heterocycles. The summed E-state index contributed by atoms with van der Waals surface area (Å²) in [6, 6.07) is 6.37. The van der Waals surface area contributed by atoms with Crippen molar-refractivity contribution in [2.45, 2.75) is 12.4 Å². The highest BCUT2D eigenvalue weighted by atomic mass is 19.4. The van der Waals surface area contributed by atoms with Gasteiger partial charge in [-0.2, -0.15) is 26.3 Å². The summed E-state index contributed by atoms with van der Waals surface area (Å²) in [6.45, 7) is -1.58. The van der Waals surface area contributed by atoms with Crippen LogP contribution in [0, 0.1) is 0 Å². The summed E-state index contributed by atoms with van der Waals surface area (Å²) < 4.78 is 83.1. The largest absolute Gasteiger partial charge is 0.484 e. The molecular formula is C19H13F6N3O3. The molecule has 0 saturated carbocycles. The number of aromatic nitrogens is 2. The molecule has 2 heterocycles. The first-order valence-corrected chi connectivity index (χ1v) is 8.56. The van der Waals surface area contributed by atoms with Crippen LogP contribution in [-0.4, -0.2) is 35.1 Å². The Hall–Kier alpha value is -3.57. The van der Waals surface area contributed by atoms with Crippen molar-refractivity contribution in [3.63, 3.8) is 0 Å². The van der Waals surface area contributed by atoms with E-state index in [1.165, 1.54) is 13.1 Å². The summed E-state index contributed by atoms with van der Waals surface area (Å²) in [5.74, 6) is -0.817. The van der Waals surface area contributed by atoms with Crippen LogP contribution in [-0.2, 0) is 6.18 Å². The minimum absolute atomic E-state index is 0.00133. The van der Waals surface area contributed by atoms with Gasteiger partial charge in [0.15, 0.2) is 12.3 Å². The van der Waals surface area contributed by atoms with Crippen LogP contribution in [0.1, 0.15) is 16.1 Å². The molecule has 0 aliphatic carbocycles. The van der Waals surface area contributed by atoms with Crippen molar-refractivity contribution in [1.29, 1.82) is 0 Å². The lowest BCUT2D eigenvalue weighted by molar-refractivity contribution is -0.153. The zero-order valence-corrected chi connectivity index (χ0v) is 15.6. The molecule has 2 aromatic heterocycles. The van der Waals surface area contributed by atoms with Gasteiger partial charge in [-0.05, 0) is 29.8 Å². The highest BCUT2D eigenvalue weighted by molar-refractivity contribution is 5.94. The predicted molar refractivity (Wildman–Crippen MR) is 96.8 cm³/mol. The fourth-order valence-corrected chi connectivity index (χ4v) is 2.77. The number of hydrogen-bond donors (Lipinski definition) is 1. The number of carbonyl (C=O) groups excluding carboxylic acids is 1. The van der Waals surface area contributed by atoms with Crippen molar-refractivity contribution in [3.8, 4) is 16.9 Å². The Balaban J connectivity index is 2.14. The van der Waals surface area contributed by atoms with Gasteiger partial charge in [-0.15, -0.1) is 0 Å². The average molecular weight is 445 g/mol. The number of halogens is 6. The minimum atomic E-state index is -5.02. The third-order valence-electron chi connectivity index (χ3n) is 4.13. The maximum atomic E-state index is 13.7. The molecule has 0 saturated heterocycles. The van der Waals surface area contributed by atoms with Crippen molar-refractivity contribution in [1.82, 2.24) is 14.7 Å². The lowest BCUT2D eigenvalue weighted by atomic mass is 10.0. The number of nitrogens with zero attached hydrogens (tertiary/aromatic N) is 2. The van der Waals surface area contributed by atoms with E-state index in [-0.39, 0.29) is 16.9 Å². The molecule has 0 fully saturated rings. The van der Waals surface area contributed by atoms with Crippen LogP contribution in [0.2, 0.25) is 0 Å². The number of carbonyl (C=O) groups is 1. The quantitative estimate of drug-likeness (QED) is 0.622. The van der Waals surface area contributed by atoms with Gasteiger partial charge in [0, 0.05) is 18.8 Å². The van der Waals surface area contributed by atoms with E-state index in [4.69, 9.17) is 0 Å². The van der Waals surface area contributed by atoms with Gasteiger partial charge in [0.2, 0.25) is 0 Å². The zero-order chi connectivity index (χ0) is 23.0. The number of pyridine rings is 1. The van der Waals surface area contributed by atoms with Crippen molar-refractivity contribution < 1.29 is 35.9 Å². The van der Waals surface area contributed by atoms with E-state index < -0.39 is 47.3 Å². The molecule has 0 bridgehead atoms. The van der Waals surface area contributed by atoms with Crippen LogP contribution < -0.4 is 15.6 Å². The molecule has 0 aliphatic rings. The van der Waals surface area contributed by atoms with Crippen molar-refractivity contribution in [3.05, 3.63) is 64.2 Å². The van der Waals surface area contributed by atoms with Gasteiger partial charge >= 0.3 is 12.4 Å². The van der Waals surface area contributed by atoms with Crippen LogP contribution in [0.4, 0.5) is 26.3 Å². The first kappa shape index (κ1) is 22.1. The number of benzene rings is 1. The van der Waals surface area contributed by atoms with Gasteiger partial charge in [0.1, 0.15) is 11.4 Å². The first-order chi connectivity index (χ1) is 14.4. The topological polar surface area (TPSA) is 72.7 Å². The van der Waals surface area contributed by atoms with Crippen LogP contribution >= 0.6 is 0 Å². The van der Waals surface area contributed by atoms with E-state index in [1.54, 1.807) is 0 Å². The standard InChI is InChI=1S/C19H13F6N3O3/c1-26-16(29)11-6-7-28-13(8-11)27-15(19(23,24)25)14(17(28)30)10-2-4-12(5-3-10)31-9-18(20,21)22/h2-8H,9H2,1H3,(H,26,29). The molecule has 6 nitrogen and oxygen atoms in total. The van der Waals surface area contributed by atoms with E-state index in [9.17, 15) is 35.9 Å². The molecule has 0 unspecified atom stereocenters. The van der Waals surface area contributed by atoms with Gasteiger partial charge < -0.3 is 10.1 Å². The molecular weight excluding hydrogens is 432 g/mol. The molecule has 164 valence electrons. The molecule has 0 spiro atoms. The average Bonchev–Trinajstić information content (AvgIpc) is 2.70. The summed E-state index contributed by atoms with van der Waals surface area (Å²) in [4.78, 5) is 28.1. The van der Waals surface area contributed by atoms with E-state index in [0.29, 0.717) is 0 Å². The minimum Gasteiger partial charge on any atom is -0.484 e. The SMILES string of the molecule is CNC(=O)c1ccn2c(=O)c(-c3ccc(OCC(F)(F)F)cc3)c(C(F)(F)F)nc2c1. The Bertz CT molecular complexity index is 1180. The second kappa shape index (κ2) is 7.93. The molecule has 31 heavy (non-hydrogen) atoms. The number of alkyl halides is 6. The van der Waals surface area contributed by atoms with Crippen molar-refractivity contribution in [2.75, 3.05) is 13.7 Å². The third-order valence-corrected chi connectivity index (χ3v) is 4.13. The Morgan fingerprint density at radius 1 is 1.10 bits per heavy atom. The lowest BCUT2D eigenvalue weighted by Gasteiger charge is -2.14. The Morgan fingerprint density at radius 3 is 2.29 bits per heavy atom. The second-order valence-electron chi connectivity index (χ2n) is 6.29. The number of amides is 1. The monoisotopic (exact) mass is 445 g/mol. The van der Waals surface area contributed by atoms with Crippen molar-refractivity contribution >= 4 is 11.6 Å². The Morgan fingerprint density at radius 2 is 1.74 bits per heavy atom. The zero-order valence-electron chi connectivity index (χ0n) is 15.6. The highest BCUT2D eigenvalue weighted by Gasteiger charge is 2.38. The van der Waals surface area contributed by atoms with Crippen LogP contribution in [0.15, 0.2) is 47.4 Å². The predicted octanol–water partition coefficient (Wildman–Crippen LogP) is 3.68. The van der Waals surface area contributed by atoms with E-state index in [0.717, 1.165) is 40.9 Å². The molecule has 12 heteroatoms. The molecule has 1 N–H and O–H groups in total. The van der Waals surface area contributed by atoms with E-state index >= 15 is 0 Å². The second-order valence-corrected chi connectivity index (χ2v) is 6.29. The normalized spacial score (nSPS) is 12.1. The Kier molecular flexibility index (Phi) is 5.66. The number of nitrogens with one attached hydrogen (secondary N) is 1. The summed E-state index contributed by atoms with van der Waals surface area (Å²) in [5.41, 5.74) is -3.96. The molecule has 3 aromatic rings. The number of hydrogen-bond acceptors (Lipinski definition) is 4. The number of rotatable bonds is 4. The van der Waals surface area contributed by atoms with Gasteiger partial charge in [-0.3, -0.25) is 14.0 Å². The van der Waals surface area contributed by atoms with E-state index in [2.05, 4.69) is 15.0 Å². The fourth-order valence-electron chi connectivity index (χ4n) is 2.77. The summed E-state index contributed by atoms with van der Waals surface area (Å²) in [5, 5.41) is 2.31. The summed E-state index contributed by atoms with van der Waals surface area (Å²) in [7, 11) is 1.33. The maximum Gasteiger partial charge on any atom is 0.434 e. The highest BCUT2D eigenvalue weighted by Crippen LogP contribution is 2.35. The molecule has 1 aromatic carbocycles. The number of ether oxygens (including phenoxy) is 1. The van der Waals surface area contributed by atoms with Gasteiger partial charge in [0.05, 0.1) is 5.56 Å².